The Morgan fingerprint density at radius 2 is 1.59 bits per heavy atom. The van der Waals surface area contributed by atoms with Crippen molar-refractivity contribution < 1.29 is 15.0 Å². The van der Waals surface area contributed by atoms with E-state index < -0.39 is 12.1 Å². The number of likely N-dealkylation sites (N-methyl/N-ethyl adjacent to an activating group) is 1. The molecule has 2 N–H and O–H groups in total. The molecule has 1 atom stereocenters. The van der Waals surface area contributed by atoms with Crippen LogP contribution in [0.3, 0.4) is 0 Å². The average molecular weight is 461 g/mol. The normalized spacial score (nSPS) is 20.1. The second-order valence-corrected chi connectivity index (χ2v) is 11.1. The molecule has 2 aliphatic rings. The molecule has 1 saturated heterocycles. The lowest BCUT2D eigenvalue weighted by molar-refractivity contribution is 0.0697. The van der Waals surface area contributed by atoms with Crippen LogP contribution in [-0.2, 0) is 10.8 Å². The van der Waals surface area contributed by atoms with Gasteiger partial charge in [0.1, 0.15) is 6.10 Å². The maximum Gasteiger partial charge on any atom is 0.335 e. The smallest absolute Gasteiger partial charge is 0.335 e. The van der Waals surface area contributed by atoms with Crippen molar-refractivity contribution in [3.8, 4) is 11.8 Å². The number of anilines is 1. The van der Waals surface area contributed by atoms with Crippen LogP contribution < -0.4 is 4.90 Å². The van der Waals surface area contributed by atoms with Crippen LogP contribution in [0, 0.1) is 11.8 Å². The fraction of sp³-hybridized carbons (Fsp3) is 0.483. The molecule has 0 spiro atoms. The summed E-state index contributed by atoms with van der Waals surface area (Å²) in [4.78, 5) is 15.9. The molecule has 0 bridgehead atoms. The van der Waals surface area contributed by atoms with Gasteiger partial charge < -0.3 is 20.0 Å². The maximum absolute atomic E-state index is 11.1. The number of carbonyl (C=O) groups is 1. The lowest BCUT2D eigenvalue weighted by Crippen LogP contribution is -2.46. The number of hydrogen-bond acceptors (Lipinski definition) is 4. The minimum atomic E-state index is -0.962. The molecule has 2 aromatic carbocycles. The third kappa shape index (κ3) is 4.85. The Bertz CT molecular complexity index is 1130. The van der Waals surface area contributed by atoms with Crippen molar-refractivity contribution in [3.05, 3.63) is 64.2 Å². The number of hydrogen-bond donors (Lipinski definition) is 2. The van der Waals surface area contributed by atoms with E-state index in [1.54, 1.807) is 12.1 Å². The standard InChI is InChI=1S/C29H36N2O3/c1-28(2)12-13-29(3,4)26-23(28)18-22(19-24(26)31-16-14-30(5)15-17-31)25(32)11-8-20-6-9-21(10-7-20)27(33)34/h6-7,9-10,18-19,25,32H,12-17H2,1-5H3,(H,33,34). The molecule has 1 unspecified atom stereocenters. The lowest BCUT2D eigenvalue weighted by Gasteiger charge is -2.46. The van der Waals surface area contributed by atoms with Gasteiger partial charge in [-0.2, -0.15) is 0 Å². The first-order valence-corrected chi connectivity index (χ1v) is 12.1. The van der Waals surface area contributed by atoms with E-state index >= 15 is 0 Å². The minimum absolute atomic E-state index is 0.0298. The summed E-state index contributed by atoms with van der Waals surface area (Å²) in [6.45, 7) is 13.3. The summed E-state index contributed by atoms with van der Waals surface area (Å²) in [6.07, 6.45) is 1.33. The Labute approximate surface area is 203 Å². The Kier molecular flexibility index (Phi) is 6.50. The van der Waals surface area contributed by atoms with Gasteiger partial charge in [-0.15, -0.1) is 0 Å². The second-order valence-electron chi connectivity index (χ2n) is 11.1. The third-order valence-electron chi connectivity index (χ3n) is 7.57. The molecule has 1 fully saturated rings. The zero-order chi connectivity index (χ0) is 24.7. The second kappa shape index (κ2) is 9.09. The number of fused-ring (bicyclic) bond motifs is 1. The highest BCUT2D eigenvalue weighted by molar-refractivity contribution is 5.87. The van der Waals surface area contributed by atoms with Crippen LogP contribution in [0.25, 0.3) is 0 Å². The van der Waals surface area contributed by atoms with Gasteiger partial charge in [0.2, 0.25) is 0 Å². The van der Waals surface area contributed by atoms with E-state index in [-0.39, 0.29) is 16.4 Å². The molecule has 1 aliphatic heterocycles. The Balaban J connectivity index is 1.75. The monoisotopic (exact) mass is 460 g/mol. The molecule has 1 heterocycles. The molecule has 34 heavy (non-hydrogen) atoms. The molecule has 180 valence electrons. The number of aliphatic hydroxyl groups excluding tert-OH is 1. The van der Waals surface area contributed by atoms with Crippen LogP contribution in [0.5, 0.6) is 0 Å². The molecular formula is C29H36N2O3. The molecule has 0 saturated carbocycles. The van der Waals surface area contributed by atoms with Gasteiger partial charge in [0.25, 0.3) is 0 Å². The van der Waals surface area contributed by atoms with Gasteiger partial charge in [0.15, 0.2) is 0 Å². The summed E-state index contributed by atoms with van der Waals surface area (Å²) in [5, 5.41) is 20.2. The van der Waals surface area contributed by atoms with E-state index in [9.17, 15) is 9.90 Å². The number of carboxylic acid groups (broad SMARTS) is 1. The van der Waals surface area contributed by atoms with Crippen molar-refractivity contribution in [2.24, 2.45) is 0 Å². The van der Waals surface area contributed by atoms with Crippen LogP contribution in [-0.4, -0.2) is 54.3 Å². The van der Waals surface area contributed by atoms with Crippen molar-refractivity contribution in [2.75, 3.05) is 38.1 Å². The molecule has 5 nitrogen and oxygen atoms in total. The maximum atomic E-state index is 11.1. The van der Waals surface area contributed by atoms with Gasteiger partial charge in [0, 0.05) is 37.4 Å². The van der Waals surface area contributed by atoms with Gasteiger partial charge >= 0.3 is 5.97 Å². The highest BCUT2D eigenvalue weighted by Gasteiger charge is 2.40. The highest BCUT2D eigenvalue weighted by atomic mass is 16.4. The number of benzene rings is 2. The molecular weight excluding hydrogens is 424 g/mol. The van der Waals surface area contributed by atoms with E-state index in [0.29, 0.717) is 5.56 Å². The molecule has 1 aliphatic carbocycles. The quantitative estimate of drug-likeness (QED) is 0.657. The number of rotatable bonds is 3. The first-order valence-electron chi connectivity index (χ1n) is 12.1. The minimum Gasteiger partial charge on any atom is -0.478 e. The average Bonchev–Trinajstić information content (AvgIpc) is 2.80. The van der Waals surface area contributed by atoms with Gasteiger partial charge in [-0.3, -0.25) is 0 Å². The SMILES string of the molecule is CN1CCN(c2cc(C(O)C#Cc3ccc(C(=O)O)cc3)cc3c2C(C)(C)CCC3(C)C)CC1. The van der Waals surface area contributed by atoms with E-state index in [2.05, 4.69) is 68.5 Å². The first kappa shape index (κ1) is 24.3. The Morgan fingerprint density at radius 3 is 2.21 bits per heavy atom. The van der Waals surface area contributed by atoms with Crippen molar-refractivity contribution in [2.45, 2.75) is 57.5 Å². The van der Waals surface area contributed by atoms with Crippen molar-refractivity contribution in [3.63, 3.8) is 0 Å². The number of carboxylic acids is 1. The number of nitrogens with zero attached hydrogens (tertiary/aromatic N) is 2. The fourth-order valence-corrected chi connectivity index (χ4v) is 5.16. The summed E-state index contributed by atoms with van der Waals surface area (Å²) in [6, 6.07) is 10.7. The largest absolute Gasteiger partial charge is 0.478 e. The summed E-state index contributed by atoms with van der Waals surface area (Å²) < 4.78 is 0. The van der Waals surface area contributed by atoms with E-state index in [0.717, 1.165) is 44.6 Å². The molecule has 5 heteroatoms. The van der Waals surface area contributed by atoms with Crippen molar-refractivity contribution >= 4 is 11.7 Å². The first-order chi connectivity index (χ1) is 16.0. The summed E-state index contributed by atoms with van der Waals surface area (Å²) in [5.74, 6) is 5.04. The van der Waals surface area contributed by atoms with E-state index in [1.807, 2.05) is 0 Å². The van der Waals surface area contributed by atoms with Gasteiger partial charge in [0.05, 0.1) is 5.56 Å². The molecule has 2 aromatic rings. The topological polar surface area (TPSA) is 64.0 Å². The summed E-state index contributed by atoms with van der Waals surface area (Å²) in [5.41, 5.74) is 5.82. The highest BCUT2D eigenvalue weighted by Crippen LogP contribution is 2.50. The molecule has 0 aromatic heterocycles. The number of aromatic carboxylic acids is 1. The predicted molar refractivity (Wildman–Crippen MR) is 137 cm³/mol. The van der Waals surface area contributed by atoms with Gasteiger partial charge in [-0.1, -0.05) is 45.6 Å². The molecule has 0 radical (unpaired) electrons. The van der Waals surface area contributed by atoms with Crippen molar-refractivity contribution in [1.29, 1.82) is 0 Å². The lowest BCUT2D eigenvalue weighted by atomic mass is 9.62. The summed E-state index contributed by atoms with van der Waals surface area (Å²) in [7, 11) is 2.17. The Morgan fingerprint density at radius 1 is 0.971 bits per heavy atom. The zero-order valence-electron chi connectivity index (χ0n) is 21.0. The summed E-state index contributed by atoms with van der Waals surface area (Å²) >= 11 is 0. The third-order valence-corrected chi connectivity index (χ3v) is 7.57. The van der Waals surface area contributed by atoms with Crippen molar-refractivity contribution in [1.82, 2.24) is 4.90 Å². The van der Waals surface area contributed by atoms with Crippen LogP contribution in [0.15, 0.2) is 36.4 Å². The van der Waals surface area contributed by atoms with Gasteiger partial charge in [-0.25, -0.2) is 4.79 Å². The van der Waals surface area contributed by atoms with Gasteiger partial charge in [-0.05, 0) is 77.7 Å². The number of piperazine rings is 1. The molecule has 0 amide bonds. The fourth-order valence-electron chi connectivity index (χ4n) is 5.16. The van der Waals surface area contributed by atoms with Crippen LogP contribution in [0.4, 0.5) is 5.69 Å². The predicted octanol–water partition coefficient (Wildman–Crippen LogP) is 4.57. The Hall–Kier alpha value is -2.81. The molecule has 4 rings (SSSR count). The van der Waals surface area contributed by atoms with E-state index in [1.165, 1.54) is 28.9 Å². The van der Waals surface area contributed by atoms with E-state index in [4.69, 9.17) is 5.11 Å². The zero-order valence-corrected chi connectivity index (χ0v) is 21.0. The van der Waals surface area contributed by atoms with Crippen LogP contribution in [0.1, 0.15) is 79.3 Å². The van der Waals surface area contributed by atoms with Crippen LogP contribution in [0.2, 0.25) is 0 Å². The van der Waals surface area contributed by atoms with Crippen LogP contribution >= 0.6 is 0 Å². The number of aliphatic hydroxyl groups is 1.